The molecule has 0 aliphatic heterocycles. The van der Waals surface area contributed by atoms with E-state index in [4.69, 9.17) is 0 Å². The van der Waals surface area contributed by atoms with Crippen LogP contribution in [0.25, 0.3) is 10.9 Å². The van der Waals surface area contributed by atoms with Gasteiger partial charge in [-0.2, -0.15) is 13.2 Å². The van der Waals surface area contributed by atoms with E-state index in [1.54, 1.807) is 0 Å². The predicted octanol–water partition coefficient (Wildman–Crippen LogP) is 3.39. The summed E-state index contributed by atoms with van der Waals surface area (Å²) in [6.45, 7) is 1.32. The second-order valence-corrected chi connectivity index (χ2v) is 3.52. The molecular weight excluding hydrogens is 219 g/mol. The monoisotopic (exact) mass is 227 g/mol. The maximum Gasteiger partial charge on any atom is 0.416 e. The highest BCUT2D eigenvalue weighted by Gasteiger charge is 2.30. The molecule has 1 heterocycles. The Labute approximate surface area is 89.1 Å². The van der Waals surface area contributed by atoms with E-state index in [-0.39, 0.29) is 11.3 Å². The summed E-state index contributed by atoms with van der Waals surface area (Å²) in [5.74, 6) is -0.259. The molecule has 0 atom stereocenters. The van der Waals surface area contributed by atoms with Crippen LogP contribution in [0.15, 0.2) is 24.4 Å². The third-order valence-electron chi connectivity index (χ3n) is 2.39. The van der Waals surface area contributed by atoms with Crippen LogP contribution < -0.4 is 0 Å². The minimum atomic E-state index is -4.39. The van der Waals surface area contributed by atoms with E-state index in [1.165, 1.54) is 19.2 Å². The number of fused-ring (bicyclic) bond motifs is 1. The molecule has 16 heavy (non-hydrogen) atoms. The first kappa shape index (κ1) is 10.7. The van der Waals surface area contributed by atoms with Crippen LogP contribution in [0.3, 0.4) is 0 Å². The number of carbonyl (C=O) groups excluding carboxylic acids is 1. The van der Waals surface area contributed by atoms with Gasteiger partial charge < -0.3 is 4.98 Å². The summed E-state index contributed by atoms with van der Waals surface area (Å²) in [5, 5.41) is 0.308. The molecule has 0 spiro atoms. The summed E-state index contributed by atoms with van der Waals surface area (Å²) in [6.07, 6.45) is -2.97. The number of hydrogen-bond donors (Lipinski definition) is 1. The number of hydrogen-bond acceptors (Lipinski definition) is 1. The lowest BCUT2D eigenvalue weighted by Gasteiger charge is -2.06. The van der Waals surface area contributed by atoms with Gasteiger partial charge in [0.1, 0.15) is 0 Å². The first-order chi connectivity index (χ1) is 7.39. The predicted molar refractivity (Wildman–Crippen MR) is 53.3 cm³/mol. The number of benzene rings is 1. The number of carbonyl (C=O) groups is 1. The van der Waals surface area contributed by atoms with E-state index in [2.05, 4.69) is 4.98 Å². The second kappa shape index (κ2) is 3.37. The molecule has 1 N–H and O–H groups in total. The molecular formula is C11H8F3NO. The lowest BCUT2D eigenvalue weighted by atomic mass is 10.1. The van der Waals surface area contributed by atoms with Crippen molar-refractivity contribution in [2.45, 2.75) is 13.1 Å². The molecule has 0 saturated carbocycles. The van der Waals surface area contributed by atoms with Crippen LogP contribution in [0.1, 0.15) is 22.8 Å². The van der Waals surface area contributed by atoms with E-state index < -0.39 is 11.7 Å². The summed E-state index contributed by atoms with van der Waals surface area (Å²) < 4.78 is 37.4. The quantitative estimate of drug-likeness (QED) is 0.744. The molecule has 2 rings (SSSR count). The Bertz CT molecular complexity index is 554. The summed E-state index contributed by atoms with van der Waals surface area (Å²) in [4.78, 5) is 13.9. The Morgan fingerprint density at radius 1 is 1.31 bits per heavy atom. The van der Waals surface area contributed by atoms with Crippen LogP contribution in [0, 0.1) is 0 Å². The van der Waals surface area contributed by atoms with Crippen LogP contribution in [-0.4, -0.2) is 10.8 Å². The SMILES string of the molecule is CC(=O)c1c[nH]c2ccc(C(F)(F)F)cc12. The van der Waals surface area contributed by atoms with Gasteiger partial charge in [-0.05, 0) is 25.1 Å². The number of Topliss-reactive ketones (excluding diaryl/α,β-unsaturated/α-hetero) is 1. The average Bonchev–Trinajstić information content (AvgIpc) is 2.58. The minimum absolute atomic E-state index is 0.259. The zero-order valence-electron chi connectivity index (χ0n) is 8.35. The second-order valence-electron chi connectivity index (χ2n) is 3.52. The molecule has 0 unspecified atom stereocenters. The average molecular weight is 227 g/mol. The number of aromatic nitrogens is 1. The fraction of sp³-hybridized carbons (Fsp3) is 0.182. The maximum absolute atomic E-state index is 12.5. The summed E-state index contributed by atoms with van der Waals surface area (Å²) in [7, 11) is 0. The molecule has 5 heteroatoms. The molecule has 0 aliphatic rings. The van der Waals surface area contributed by atoms with Gasteiger partial charge >= 0.3 is 6.18 Å². The third-order valence-corrected chi connectivity index (χ3v) is 2.39. The lowest BCUT2D eigenvalue weighted by molar-refractivity contribution is -0.137. The molecule has 2 nitrogen and oxygen atoms in total. The van der Waals surface area contributed by atoms with Crippen molar-refractivity contribution in [1.82, 2.24) is 4.98 Å². The van der Waals surface area contributed by atoms with Gasteiger partial charge in [0.15, 0.2) is 5.78 Å². The zero-order valence-corrected chi connectivity index (χ0v) is 8.35. The molecule has 0 aliphatic carbocycles. The summed E-state index contributed by atoms with van der Waals surface area (Å²) in [5.41, 5.74) is 0.0569. The van der Waals surface area contributed by atoms with Gasteiger partial charge in [0.25, 0.3) is 0 Å². The summed E-state index contributed by atoms with van der Waals surface area (Å²) in [6, 6.07) is 3.30. The highest BCUT2D eigenvalue weighted by Crippen LogP contribution is 2.32. The fourth-order valence-electron chi connectivity index (χ4n) is 1.59. The van der Waals surface area contributed by atoms with Crippen molar-refractivity contribution in [2.24, 2.45) is 0 Å². The van der Waals surface area contributed by atoms with E-state index in [1.807, 2.05) is 0 Å². The standard InChI is InChI=1S/C11H8F3NO/c1-6(16)9-5-15-10-3-2-7(4-8(9)10)11(12,13)14/h2-5,15H,1H3. The van der Waals surface area contributed by atoms with Crippen molar-refractivity contribution in [2.75, 3.05) is 0 Å². The van der Waals surface area contributed by atoms with Crippen molar-refractivity contribution >= 4 is 16.7 Å². The van der Waals surface area contributed by atoms with Crippen LogP contribution in [-0.2, 0) is 6.18 Å². The lowest BCUT2D eigenvalue weighted by Crippen LogP contribution is -2.04. The Morgan fingerprint density at radius 3 is 2.56 bits per heavy atom. The Hall–Kier alpha value is -1.78. The highest BCUT2D eigenvalue weighted by molar-refractivity contribution is 6.06. The number of H-pyrrole nitrogens is 1. The van der Waals surface area contributed by atoms with E-state index in [0.29, 0.717) is 10.9 Å². The van der Waals surface area contributed by atoms with Gasteiger partial charge in [0.2, 0.25) is 0 Å². The molecule has 0 radical (unpaired) electrons. The number of aromatic amines is 1. The zero-order chi connectivity index (χ0) is 11.9. The van der Waals surface area contributed by atoms with Crippen LogP contribution >= 0.6 is 0 Å². The van der Waals surface area contributed by atoms with Crippen molar-refractivity contribution in [3.05, 3.63) is 35.5 Å². The normalized spacial score (nSPS) is 12.0. The Kier molecular flexibility index (Phi) is 2.26. The van der Waals surface area contributed by atoms with Crippen LogP contribution in [0.5, 0.6) is 0 Å². The van der Waals surface area contributed by atoms with E-state index in [0.717, 1.165) is 12.1 Å². The third kappa shape index (κ3) is 1.68. The van der Waals surface area contributed by atoms with E-state index in [9.17, 15) is 18.0 Å². The number of nitrogens with one attached hydrogen (secondary N) is 1. The molecule has 84 valence electrons. The molecule has 1 aromatic heterocycles. The van der Waals surface area contributed by atoms with Gasteiger partial charge in [0.05, 0.1) is 5.56 Å². The first-order valence-electron chi connectivity index (χ1n) is 4.59. The smallest absolute Gasteiger partial charge is 0.360 e. The van der Waals surface area contributed by atoms with E-state index >= 15 is 0 Å². The number of alkyl halides is 3. The van der Waals surface area contributed by atoms with Gasteiger partial charge in [-0.1, -0.05) is 0 Å². The molecule has 0 fully saturated rings. The van der Waals surface area contributed by atoms with Gasteiger partial charge in [0, 0.05) is 22.7 Å². The number of halogens is 3. The number of ketones is 1. The first-order valence-corrected chi connectivity index (χ1v) is 4.59. The largest absolute Gasteiger partial charge is 0.416 e. The van der Waals surface area contributed by atoms with Crippen molar-refractivity contribution in [3.63, 3.8) is 0 Å². The van der Waals surface area contributed by atoms with Crippen LogP contribution in [0.2, 0.25) is 0 Å². The number of rotatable bonds is 1. The van der Waals surface area contributed by atoms with Crippen molar-refractivity contribution in [3.8, 4) is 0 Å². The Balaban J connectivity index is 2.68. The van der Waals surface area contributed by atoms with Crippen molar-refractivity contribution in [1.29, 1.82) is 0 Å². The topological polar surface area (TPSA) is 32.9 Å². The van der Waals surface area contributed by atoms with Crippen LogP contribution in [0.4, 0.5) is 13.2 Å². The van der Waals surface area contributed by atoms with Gasteiger partial charge in [-0.15, -0.1) is 0 Å². The fourth-order valence-corrected chi connectivity index (χ4v) is 1.59. The molecule has 0 bridgehead atoms. The van der Waals surface area contributed by atoms with Gasteiger partial charge in [-0.25, -0.2) is 0 Å². The summed E-state index contributed by atoms with van der Waals surface area (Å²) >= 11 is 0. The van der Waals surface area contributed by atoms with Gasteiger partial charge in [-0.3, -0.25) is 4.79 Å². The molecule has 0 saturated heterocycles. The highest BCUT2D eigenvalue weighted by atomic mass is 19.4. The minimum Gasteiger partial charge on any atom is -0.360 e. The molecule has 0 amide bonds. The Morgan fingerprint density at radius 2 is 2.00 bits per heavy atom. The van der Waals surface area contributed by atoms with Crippen molar-refractivity contribution < 1.29 is 18.0 Å². The maximum atomic E-state index is 12.5. The molecule has 1 aromatic carbocycles. The molecule has 2 aromatic rings.